The third-order valence-corrected chi connectivity index (χ3v) is 6.27. The summed E-state index contributed by atoms with van der Waals surface area (Å²) in [4.78, 5) is 17.8. The molecule has 1 fully saturated rings. The minimum absolute atomic E-state index is 0. The van der Waals surface area contributed by atoms with Gasteiger partial charge in [-0.1, -0.05) is 0 Å². The first-order chi connectivity index (χ1) is 14.1. The smallest absolute Gasteiger partial charge is 0.251 e. The Bertz CT molecular complexity index is 1170. The van der Waals surface area contributed by atoms with Gasteiger partial charge in [0.1, 0.15) is 17.0 Å². The van der Waals surface area contributed by atoms with Crippen LogP contribution < -0.4 is 20.3 Å². The first-order valence-corrected chi connectivity index (χ1v) is 10.1. The van der Waals surface area contributed by atoms with E-state index in [1.807, 2.05) is 29.7 Å². The van der Waals surface area contributed by atoms with Gasteiger partial charge in [0.15, 0.2) is 0 Å². The highest BCUT2D eigenvalue weighted by Crippen LogP contribution is 2.36. The largest absolute Gasteiger partial charge is 0.497 e. The lowest BCUT2D eigenvalue weighted by atomic mass is 9.83. The Morgan fingerprint density at radius 2 is 1.93 bits per heavy atom. The Hall–Kier alpha value is -2.57. The monoisotopic (exact) mass is 427 g/mol. The lowest BCUT2D eigenvalue weighted by Crippen LogP contribution is -2.44. The predicted molar refractivity (Wildman–Crippen MR) is 120 cm³/mol. The number of nitrogens with zero attached hydrogens (tertiary/aromatic N) is 2. The zero-order valence-electron chi connectivity index (χ0n) is 17.4. The second kappa shape index (κ2) is 7.93. The van der Waals surface area contributed by atoms with E-state index in [4.69, 9.17) is 14.5 Å². The van der Waals surface area contributed by atoms with Crippen LogP contribution in [0.1, 0.15) is 23.6 Å². The topological polar surface area (TPSA) is 65.4 Å². The van der Waals surface area contributed by atoms with Crippen molar-refractivity contribution in [2.75, 3.05) is 27.3 Å². The highest BCUT2D eigenvalue weighted by atomic mass is 35.5. The number of aryl methyl sites for hydroxylation is 1. The van der Waals surface area contributed by atoms with Crippen molar-refractivity contribution in [3.63, 3.8) is 0 Å². The molecule has 5 rings (SSSR count). The molecule has 0 unspecified atom stereocenters. The molecule has 6 nitrogen and oxygen atoms in total. The number of rotatable bonds is 3. The third-order valence-electron chi connectivity index (χ3n) is 6.27. The minimum Gasteiger partial charge on any atom is -0.497 e. The van der Waals surface area contributed by atoms with E-state index in [9.17, 15) is 4.79 Å². The maximum Gasteiger partial charge on any atom is 0.251 e. The van der Waals surface area contributed by atoms with E-state index in [1.54, 1.807) is 20.3 Å². The molecule has 2 bridgehead atoms. The number of methoxy groups -OCH3 is 2. The maximum absolute atomic E-state index is 12.9. The number of pyridine rings is 2. The van der Waals surface area contributed by atoms with Crippen molar-refractivity contribution >= 4 is 23.3 Å². The third kappa shape index (κ3) is 3.34. The predicted octanol–water partition coefficient (Wildman–Crippen LogP) is 3.52. The summed E-state index contributed by atoms with van der Waals surface area (Å²) in [5.74, 6) is 2.33. The van der Waals surface area contributed by atoms with Crippen LogP contribution >= 0.6 is 12.4 Å². The van der Waals surface area contributed by atoms with Gasteiger partial charge in [-0.3, -0.25) is 4.79 Å². The number of nitrogens with one attached hydrogen (secondary N) is 1. The number of benzene rings is 1. The number of piperidine rings is 1. The van der Waals surface area contributed by atoms with Crippen LogP contribution in [0.3, 0.4) is 0 Å². The quantitative estimate of drug-likeness (QED) is 0.692. The Balaban J connectivity index is 0.00000218. The lowest BCUT2D eigenvalue weighted by Gasteiger charge is -2.37. The van der Waals surface area contributed by atoms with Gasteiger partial charge in [0.05, 0.1) is 19.9 Å². The van der Waals surface area contributed by atoms with Gasteiger partial charge in [-0.25, -0.2) is 4.98 Å². The van der Waals surface area contributed by atoms with Gasteiger partial charge in [-0.05, 0) is 49.6 Å². The van der Waals surface area contributed by atoms with Crippen molar-refractivity contribution in [2.45, 2.75) is 25.8 Å². The summed E-state index contributed by atoms with van der Waals surface area (Å²) in [5.41, 5.74) is 4.70. The zero-order chi connectivity index (χ0) is 20.1. The van der Waals surface area contributed by atoms with E-state index in [1.165, 1.54) is 0 Å². The fraction of sp³-hybridized carbons (Fsp3) is 0.391. The molecule has 2 aliphatic rings. The molecule has 0 radical (unpaired) electrons. The summed E-state index contributed by atoms with van der Waals surface area (Å²) in [6, 6.07) is 9.73. The number of hydrogen-bond donors (Lipinski definition) is 1. The molecular weight excluding hydrogens is 402 g/mol. The molecule has 1 N–H and O–H groups in total. The summed E-state index contributed by atoms with van der Waals surface area (Å²) < 4.78 is 12.9. The minimum atomic E-state index is 0. The van der Waals surface area contributed by atoms with Crippen LogP contribution in [0, 0.1) is 12.8 Å². The lowest BCUT2D eigenvalue weighted by molar-refractivity contribution is 0.257. The van der Waals surface area contributed by atoms with E-state index >= 15 is 0 Å². The molecule has 0 aliphatic carbocycles. The molecule has 30 heavy (non-hydrogen) atoms. The molecule has 2 aromatic heterocycles. The molecule has 1 aromatic carbocycles. The van der Waals surface area contributed by atoms with Crippen LogP contribution in [0.4, 0.5) is 0 Å². The molecule has 2 atom stereocenters. The zero-order valence-corrected chi connectivity index (χ0v) is 18.2. The maximum atomic E-state index is 12.9. The average molecular weight is 428 g/mol. The SMILES string of the molecule is COc1cc(OC)c2nc(-c3cc4n(c(=O)c3)C[C@@H]3CNC[C@H]4C3)cc(C)c2c1.Cl. The first kappa shape index (κ1) is 20.7. The van der Waals surface area contributed by atoms with Crippen LogP contribution in [0.5, 0.6) is 11.5 Å². The molecule has 1 saturated heterocycles. The summed E-state index contributed by atoms with van der Waals surface area (Å²) in [6.07, 6.45) is 1.15. The summed E-state index contributed by atoms with van der Waals surface area (Å²) in [5, 5.41) is 4.49. The van der Waals surface area contributed by atoms with E-state index in [2.05, 4.69) is 11.4 Å². The molecule has 4 heterocycles. The van der Waals surface area contributed by atoms with Crippen molar-refractivity contribution in [1.29, 1.82) is 0 Å². The van der Waals surface area contributed by atoms with Gasteiger partial charge in [0.2, 0.25) is 0 Å². The van der Waals surface area contributed by atoms with E-state index in [0.717, 1.165) is 65.2 Å². The van der Waals surface area contributed by atoms with E-state index in [-0.39, 0.29) is 18.0 Å². The summed E-state index contributed by atoms with van der Waals surface area (Å²) in [6.45, 7) is 4.78. The average Bonchev–Trinajstić information content (AvgIpc) is 2.74. The van der Waals surface area contributed by atoms with Gasteiger partial charge in [0, 0.05) is 47.8 Å². The van der Waals surface area contributed by atoms with Crippen molar-refractivity contribution in [3.8, 4) is 22.8 Å². The number of aromatic nitrogens is 2. The number of ether oxygens (including phenoxy) is 2. The van der Waals surface area contributed by atoms with Gasteiger partial charge >= 0.3 is 0 Å². The van der Waals surface area contributed by atoms with Crippen molar-refractivity contribution in [2.24, 2.45) is 5.92 Å². The molecule has 2 aliphatic heterocycles. The van der Waals surface area contributed by atoms with Crippen LogP contribution in [0.25, 0.3) is 22.2 Å². The molecule has 3 aromatic rings. The van der Waals surface area contributed by atoms with E-state index < -0.39 is 0 Å². The number of fused-ring (bicyclic) bond motifs is 5. The molecule has 0 amide bonds. The molecule has 0 spiro atoms. The Morgan fingerprint density at radius 1 is 1.10 bits per heavy atom. The normalized spacial score (nSPS) is 19.7. The Kier molecular flexibility index (Phi) is 5.47. The Labute approximate surface area is 181 Å². The fourth-order valence-corrected chi connectivity index (χ4v) is 4.81. The van der Waals surface area contributed by atoms with Gasteiger partial charge in [-0.2, -0.15) is 0 Å². The van der Waals surface area contributed by atoms with Crippen LogP contribution in [-0.4, -0.2) is 36.9 Å². The van der Waals surface area contributed by atoms with Crippen molar-refractivity contribution in [1.82, 2.24) is 14.9 Å². The molecular formula is C23H26ClN3O3. The standard InChI is InChI=1S/C23H25N3O3.ClH/c1-13-4-19(25-23-18(13)8-17(28-2)9-21(23)29-3)15-6-20-16-5-14(10-24-11-16)12-26(20)22(27)7-15;/h4,6-9,14,16,24H,5,10-12H2,1-3H3;1H/t14-,16+;/m0./s1. The molecule has 0 saturated carbocycles. The number of halogens is 1. The summed E-state index contributed by atoms with van der Waals surface area (Å²) in [7, 11) is 3.28. The molecule has 7 heteroatoms. The van der Waals surface area contributed by atoms with Gasteiger partial charge in [0.25, 0.3) is 5.56 Å². The fourth-order valence-electron chi connectivity index (χ4n) is 4.81. The summed E-state index contributed by atoms with van der Waals surface area (Å²) >= 11 is 0. The highest BCUT2D eigenvalue weighted by molar-refractivity contribution is 5.91. The Morgan fingerprint density at radius 3 is 2.70 bits per heavy atom. The van der Waals surface area contributed by atoms with Gasteiger partial charge in [-0.15, -0.1) is 12.4 Å². The number of hydrogen-bond acceptors (Lipinski definition) is 5. The second-order valence-corrected chi connectivity index (χ2v) is 8.12. The second-order valence-electron chi connectivity index (χ2n) is 8.12. The van der Waals surface area contributed by atoms with Crippen LogP contribution in [0.2, 0.25) is 0 Å². The van der Waals surface area contributed by atoms with Crippen molar-refractivity contribution < 1.29 is 9.47 Å². The van der Waals surface area contributed by atoms with Gasteiger partial charge < -0.3 is 19.4 Å². The van der Waals surface area contributed by atoms with Crippen LogP contribution in [0.15, 0.2) is 35.1 Å². The van der Waals surface area contributed by atoms with Crippen molar-refractivity contribution in [3.05, 3.63) is 51.9 Å². The molecule has 158 valence electrons. The van der Waals surface area contributed by atoms with E-state index in [0.29, 0.717) is 17.6 Å². The van der Waals surface area contributed by atoms with Crippen LogP contribution in [-0.2, 0) is 6.54 Å². The highest BCUT2D eigenvalue weighted by Gasteiger charge is 2.31. The first-order valence-electron chi connectivity index (χ1n) is 10.1.